The normalized spacial score (nSPS) is 13.0. The first-order chi connectivity index (χ1) is 12.0. The Labute approximate surface area is 151 Å². The van der Waals surface area contributed by atoms with Crippen molar-refractivity contribution in [1.82, 2.24) is 5.32 Å². The molecule has 0 aliphatic rings. The minimum Gasteiger partial charge on any atom is -0.480 e. The van der Waals surface area contributed by atoms with E-state index >= 15 is 0 Å². The number of carboxylic acids is 1. The first-order valence-corrected chi connectivity index (χ1v) is 8.96. The van der Waals surface area contributed by atoms with E-state index in [-0.39, 0.29) is 22.1 Å². The molecule has 140 valence electrons. The van der Waals surface area contributed by atoms with Crippen LogP contribution in [0, 0.1) is 17.2 Å². The second-order valence-corrected chi connectivity index (χ2v) is 7.23. The molecule has 0 radical (unpaired) electrons. The Morgan fingerprint density at radius 2 is 1.85 bits per heavy atom. The molecule has 1 unspecified atom stereocenters. The van der Waals surface area contributed by atoms with Crippen LogP contribution in [0.4, 0.5) is 5.69 Å². The van der Waals surface area contributed by atoms with Crippen LogP contribution in [0.25, 0.3) is 0 Å². The first-order valence-electron chi connectivity index (χ1n) is 7.52. The molecule has 1 aromatic carbocycles. The number of rotatable bonds is 8. The van der Waals surface area contributed by atoms with Crippen molar-refractivity contribution in [2.75, 3.05) is 5.32 Å². The molecule has 0 aromatic heterocycles. The Morgan fingerprint density at radius 1 is 1.27 bits per heavy atom. The Kier molecular flexibility index (Phi) is 7.30. The predicted molar refractivity (Wildman–Crippen MR) is 92.6 cm³/mol. The number of carboxylic acid groups (broad SMARTS) is 1. The Morgan fingerprint density at radius 3 is 2.27 bits per heavy atom. The van der Waals surface area contributed by atoms with Gasteiger partial charge in [0.25, 0.3) is 16.0 Å². The molecule has 1 rings (SSSR count). The third-order valence-electron chi connectivity index (χ3n) is 3.21. The number of carbonyl (C=O) groups excluding carboxylic acids is 1. The minimum atomic E-state index is -4.35. The second kappa shape index (κ2) is 8.98. The third kappa shape index (κ3) is 6.54. The van der Waals surface area contributed by atoms with Crippen molar-refractivity contribution >= 4 is 27.7 Å². The zero-order valence-electron chi connectivity index (χ0n) is 14.1. The summed E-state index contributed by atoms with van der Waals surface area (Å²) < 4.78 is 30.8. The van der Waals surface area contributed by atoms with Gasteiger partial charge >= 0.3 is 5.97 Å². The first kappa shape index (κ1) is 21.1. The van der Waals surface area contributed by atoms with Crippen LogP contribution in [0.1, 0.15) is 20.3 Å². The maximum absolute atomic E-state index is 12.1. The minimum absolute atomic E-state index is 0.0951. The molecule has 0 fully saturated rings. The predicted octanol–water partition coefficient (Wildman–Crippen LogP) is 1.37. The maximum Gasteiger partial charge on any atom is 0.326 e. The molecule has 0 saturated carbocycles. The molecule has 0 spiro atoms. The number of hydrogen-bond acceptors (Lipinski definition) is 6. The largest absolute Gasteiger partial charge is 0.480 e. The lowest BCUT2D eigenvalue weighted by Crippen LogP contribution is -2.35. The molecule has 1 atom stereocenters. The Hall–Kier alpha value is -2.90. The van der Waals surface area contributed by atoms with Gasteiger partial charge in [-0.25, -0.2) is 4.79 Å². The average Bonchev–Trinajstić information content (AvgIpc) is 2.53. The zero-order chi connectivity index (χ0) is 19.9. The van der Waals surface area contributed by atoms with Gasteiger partial charge < -0.3 is 15.7 Å². The molecule has 0 saturated heterocycles. The van der Waals surface area contributed by atoms with E-state index in [1.54, 1.807) is 6.07 Å². The van der Waals surface area contributed by atoms with Gasteiger partial charge in [0.1, 0.15) is 17.7 Å². The Bertz CT molecular complexity index is 838. The number of hydrogen-bond donors (Lipinski definition) is 4. The van der Waals surface area contributed by atoms with Crippen molar-refractivity contribution in [2.24, 2.45) is 5.92 Å². The molecule has 0 heterocycles. The fraction of sp³-hybridized carbons (Fsp3) is 0.312. The lowest BCUT2D eigenvalue weighted by atomic mass is 10.0. The average molecular weight is 381 g/mol. The maximum atomic E-state index is 12.1. The summed E-state index contributed by atoms with van der Waals surface area (Å²) >= 11 is 0. The number of carbonyl (C=O) groups is 2. The van der Waals surface area contributed by atoms with Gasteiger partial charge in [-0.15, -0.1) is 0 Å². The molecule has 4 N–H and O–H groups in total. The molecule has 0 aliphatic carbocycles. The molecule has 10 heteroatoms. The summed E-state index contributed by atoms with van der Waals surface area (Å²) in [7, 11) is -4.35. The van der Waals surface area contributed by atoms with Gasteiger partial charge in [0.05, 0.1) is 4.90 Å². The molecule has 1 aromatic rings. The van der Waals surface area contributed by atoms with Crippen LogP contribution < -0.4 is 10.6 Å². The van der Waals surface area contributed by atoms with E-state index in [0.717, 1.165) is 18.3 Å². The van der Waals surface area contributed by atoms with Crippen molar-refractivity contribution in [2.45, 2.75) is 31.2 Å². The molecule has 0 aliphatic heterocycles. The fourth-order valence-corrected chi connectivity index (χ4v) is 2.43. The quantitative estimate of drug-likeness (QED) is 0.299. The van der Waals surface area contributed by atoms with Gasteiger partial charge in [-0.05, 0) is 36.6 Å². The van der Waals surface area contributed by atoms with E-state index in [4.69, 9.17) is 14.9 Å². The van der Waals surface area contributed by atoms with Crippen molar-refractivity contribution < 1.29 is 27.7 Å². The Balaban J connectivity index is 2.85. The van der Waals surface area contributed by atoms with E-state index in [2.05, 4.69) is 10.6 Å². The van der Waals surface area contributed by atoms with Crippen molar-refractivity contribution in [3.05, 3.63) is 36.0 Å². The molecule has 1 amide bonds. The van der Waals surface area contributed by atoms with Crippen LogP contribution in [0.2, 0.25) is 0 Å². The number of amides is 1. The summed E-state index contributed by atoms with van der Waals surface area (Å²) in [6.07, 6.45) is 1.34. The zero-order valence-corrected chi connectivity index (χ0v) is 14.9. The van der Waals surface area contributed by atoms with Gasteiger partial charge in [0.2, 0.25) is 0 Å². The highest BCUT2D eigenvalue weighted by Gasteiger charge is 2.18. The van der Waals surface area contributed by atoms with Gasteiger partial charge in [0.15, 0.2) is 0 Å². The summed E-state index contributed by atoms with van der Waals surface area (Å²) in [5.41, 5.74) is -0.153. The summed E-state index contributed by atoms with van der Waals surface area (Å²) in [4.78, 5) is 22.9. The van der Waals surface area contributed by atoms with Crippen LogP contribution in [-0.4, -0.2) is 36.0 Å². The van der Waals surface area contributed by atoms with Gasteiger partial charge in [0, 0.05) is 11.9 Å². The molecule has 26 heavy (non-hydrogen) atoms. The van der Waals surface area contributed by atoms with Crippen molar-refractivity contribution in [1.29, 1.82) is 5.26 Å². The molecular formula is C16H19N3O6S. The highest BCUT2D eigenvalue weighted by Crippen LogP contribution is 2.14. The van der Waals surface area contributed by atoms with E-state index < -0.39 is 28.0 Å². The number of anilines is 1. The molecular weight excluding hydrogens is 362 g/mol. The summed E-state index contributed by atoms with van der Waals surface area (Å²) in [6.45, 7) is 3.69. The van der Waals surface area contributed by atoms with Crippen LogP contribution in [0.15, 0.2) is 40.9 Å². The number of aliphatic carboxylic acids is 1. The van der Waals surface area contributed by atoms with Crippen LogP contribution in [0.5, 0.6) is 0 Å². The van der Waals surface area contributed by atoms with E-state index in [9.17, 15) is 18.0 Å². The highest BCUT2D eigenvalue weighted by molar-refractivity contribution is 7.85. The van der Waals surface area contributed by atoms with Gasteiger partial charge in [-0.3, -0.25) is 9.35 Å². The van der Waals surface area contributed by atoms with Crippen molar-refractivity contribution in [3.63, 3.8) is 0 Å². The lowest BCUT2D eigenvalue weighted by Gasteiger charge is -2.15. The van der Waals surface area contributed by atoms with Crippen LogP contribution in [0.3, 0.4) is 0 Å². The standard InChI is InChI=1S/C16H19N3O6S/c1-10(2)7-14(16(21)22)18-9-11(8-17)15(20)19-12-3-5-13(6-4-12)26(23,24)25/h3-6,9-10,14,18H,7H2,1-2H3,(H,19,20)(H,21,22)(H,23,24,25)/b11-9-. The third-order valence-corrected chi connectivity index (χ3v) is 4.08. The topological polar surface area (TPSA) is 157 Å². The summed E-state index contributed by atoms with van der Waals surface area (Å²) in [5, 5.41) is 23.1. The number of nitriles is 1. The fourth-order valence-electron chi connectivity index (χ4n) is 1.95. The number of nitrogens with zero attached hydrogens (tertiary/aromatic N) is 1. The number of benzene rings is 1. The van der Waals surface area contributed by atoms with E-state index in [1.165, 1.54) is 12.1 Å². The smallest absolute Gasteiger partial charge is 0.326 e. The van der Waals surface area contributed by atoms with Gasteiger partial charge in [-0.2, -0.15) is 13.7 Å². The number of nitrogens with one attached hydrogen (secondary N) is 2. The van der Waals surface area contributed by atoms with E-state index in [0.29, 0.717) is 6.42 Å². The monoisotopic (exact) mass is 381 g/mol. The summed E-state index contributed by atoms with van der Waals surface area (Å²) in [6, 6.07) is 5.37. The summed E-state index contributed by atoms with van der Waals surface area (Å²) in [5.74, 6) is -1.81. The van der Waals surface area contributed by atoms with Gasteiger partial charge in [-0.1, -0.05) is 13.8 Å². The highest BCUT2D eigenvalue weighted by atomic mass is 32.2. The molecule has 9 nitrogen and oxygen atoms in total. The van der Waals surface area contributed by atoms with Crippen LogP contribution >= 0.6 is 0 Å². The van der Waals surface area contributed by atoms with Crippen molar-refractivity contribution in [3.8, 4) is 6.07 Å². The SMILES string of the molecule is CC(C)CC(N/C=C(/C#N)C(=O)Nc1ccc(S(=O)(=O)O)cc1)C(=O)O. The van der Waals surface area contributed by atoms with Crippen LogP contribution in [-0.2, 0) is 19.7 Å². The molecule has 0 bridgehead atoms. The van der Waals surface area contributed by atoms with E-state index in [1.807, 2.05) is 13.8 Å². The lowest BCUT2D eigenvalue weighted by molar-refractivity contribution is -0.139. The second-order valence-electron chi connectivity index (χ2n) is 5.81.